The van der Waals surface area contributed by atoms with E-state index in [2.05, 4.69) is 24.1 Å². The first kappa shape index (κ1) is 14.6. The van der Waals surface area contributed by atoms with Crippen LogP contribution in [-0.4, -0.2) is 36.0 Å². The van der Waals surface area contributed by atoms with E-state index < -0.39 is 0 Å². The maximum Gasteiger partial charge on any atom is 0.269 e. The Morgan fingerprint density at radius 1 is 1.33 bits per heavy atom. The molecule has 0 atom stereocenters. The van der Waals surface area contributed by atoms with Crippen molar-refractivity contribution in [3.63, 3.8) is 0 Å². The second kappa shape index (κ2) is 7.79. The molecule has 1 rings (SSSR count). The van der Waals surface area contributed by atoms with Crippen LogP contribution >= 0.6 is 0 Å². The molecule has 0 saturated carbocycles. The molecule has 18 heavy (non-hydrogen) atoms. The van der Waals surface area contributed by atoms with Crippen LogP contribution in [0.4, 0.5) is 5.69 Å². The van der Waals surface area contributed by atoms with E-state index in [-0.39, 0.29) is 10.6 Å². The van der Waals surface area contributed by atoms with Gasteiger partial charge in [-0.05, 0) is 18.7 Å². The number of benzene rings is 1. The molecule has 1 aromatic carbocycles. The van der Waals surface area contributed by atoms with Crippen LogP contribution in [0.2, 0.25) is 0 Å². The lowest BCUT2D eigenvalue weighted by Gasteiger charge is -2.17. The summed E-state index contributed by atoms with van der Waals surface area (Å²) in [6, 6.07) is 6.75. The van der Waals surface area contributed by atoms with Crippen molar-refractivity contribution in [3.05, 3.63) is 39.9 Å². The van der Waals surface area contributed by atoms with E-state index in [4.69, 9.17) is 0 Å². The topological polar surface area (TPSA) is 58.4 Å². The summed E-state index contributed by atoms with van der Waals surface area (Å²) >= 11 is 0. The number of non-ortho nitro benzene ring substituents is 1. The SMILES string of the molecule is CCN(CC)CCNCc1cccc([N+](=O)[O-])c1. The van der Waals surface area contributed by atoms with Gasteiger partial charge in [0.25, 0.3) is 5.69 Å². The summed E-state index contributed by atoms with van der Waals surface area (Å²) in [6.07, 6.45) is 0. The lowest BCUT2D eigenvalue weighted by Crippen LogP contribution is -2.31. The van der Waals surface area contributed by atoms with E-state index >= 15 is 0 Å². The summed E-state index contributed by atoms with van der Waals surface area (Å²) in [5.74, 6) is 0. The molecule has 0 radical (unpaired) electrons. The fourth-order valence-corrected chi connectivity index (χ4v) is 1.79. The van der Waals surface area contributed by atoms with E-state index in [1.54, 1.807) is 12.1 Å². The third-order valence-electron chi connectivity index (χ3n) is 2.95. The van der Waals surface area contributed by atoms with Crippen LogP contribution in [0.3, 0.4) is 0 Å². The Labute approximate surface area is 108 Å². The smallest absolute Gasteiger partial charge is 0.269 e. The molecule has 1 N–H and O–H groups in total. The minimum Gasteiger partial charge on any atom is -0.311 e. The van der Waals surface area contributed by atoms with Gasteiger partial charge in [-0.15, -0.1) is 0 Å². The maximum absolute atomic E-state index is 10.6. The number of rotatable bonds is 8. The largest absolute Gasteiger partial charge is 0.311 e. The summed E-state index contributed by atoms with van der Waals surface area (Å²) < 4.78 is 0. The van der Waals surface area contributed by atoms with Crippen LogP contribution in [0.5, 0.6) is 0 Å². The quantitative estimate of drug-likeness (QED) is 0.436. The summed E-state index contributed by atoms with van der Waals surface area (Å²) in [6.45, 7) is 8.95. The molecule has 0 aliphatic carbocycles. The maximum atomic E-state index is 10.6. The predicted octanol–water partition coefficient (Wildman–Crippen LogP) is 2.03. The van der Waals surface area contributed by atoms with E-state index in [0.29, 0.717) is 6.54 Å². The Bertz CT molecular complexity index is 378. The number of nitrogens with zero attached hydrogens (tertiary/aromatic N) is 2. The molecule has 0 aliphatic rings. The Morgan fingerprint density at radius 2 is 2.06 bits per heavy atom. The van der Waals surface area contributed by atoms with Gasteiger partial charge < -0.3 is 10.2 Å². The molecule has 0 amide bonds. The summed E-state index contributed by atoms with van der Waals surface area (Å²) in [7, 11) is 0. The first-order chi connectivity index (χ1) is 8.67. The average Bonchev–Trinajstić information content (AvgIpc) is 2.39. The fraction of sp³-hybridized carbons (Fsp3) is 0.538. The van der Waals surface area contributed by atoms with Crippen LogP contribution in [0.1, 0.15) is 19.4 Å². The van der Waals surface area contributed by atoms with Crippen LogP contribution in [0.15, 0.2) is 24.3 Å². The zero-order chi connectivity index (χ0) is 13.4. The van der Waals surface area contributed by atoms with Crippen LogP contribution in [0, 0.1) is 10.1 Å². The van der Waals surface area contributed by atoms with Gasteiger partial charge in [-0.25, -0.2) is 0 Å². The molecule has 0 unspecified atom stereocenters. The number of likely N-dealkylation sites (N-methyl/N-ethyl adjacent to an activating group) is 1. The Balaban J connectivity index is 2.35. The van der Waals surface area contributed by atoms with Crippen molar-refractivity contribution in [2.75, 3.05) is 26.2 Å². The van der Waals surface area contributed by atoms with Crippen LogP contribution in [0.25, 0.3) is 0 Å². The van der Waals surface area contributed by atoms with Crippen LogP contribution < -0.4 is 5.32 Å². The van der Waals surface area contributed by atoms with Gasteiger partial charge in [-0.3, -0.25) is 10.1 Å². The highest BCUT2D eigenvalue weighted by molar-refractivity contribution is 5.34. The predicted molar refractivity (Wildman–Crippen MR) is 72.6 cm³/mol. The first-order valence-corrected chi connectivity index (χ1v) is 6.33. The van der Waals surface area contributed by atoms with Gasteiger partial charge in [0.1, 0.15) is 0 Å². The lowest BCUT2D eigenvalue weighted by molar-refractivity contribution is -0.384. The molecule has 5 nitrogen and oxygen atoms in total. The standard InChI is InChI=1S/C13H21N3O2/c1-3-15(4-2)9-8-14-11-12-6-5-7-13(10-12)16(17)18/h5-7,10,14H,3-4,8-9,11H2,1-2H3. The normalized spacial score (nSPS) is 10.8. The Morgan fingerprint density at radius 3 is 2.67 bits per heavy atom. The van der Waals surface area contributed by atoms with E-state index in [1.807, 2.05) is 6.07 Å². The van der Waals surface area contributed by atoms with Gasteiger partial charge in [0, 0.05) is 31.8 Å². The summed E-state index contributed by atoms with van der Waals surface area (Å²) in [5.41, 5.74) is 1.10. The second-order valence-corrected chi connectivity index (χ2v) is 4.13. The lowest BCUT2D eigenvalue weighted by atomic mass is 10.2. The third kappa shape index (κ3) is 4.81. The minimum atomic E-state index is -0.362. The molecule has 0 aliphatic heterocycles. The van der Waals surface area contributed by atoms with Crippen LogP contribution in [-0.2, 0) is 6.54 Å². The van der Waals surface area contributed by atoms with Gasteiger partial charge in [0.2, 0.25) is 0 Å². The zero-order valence-corrected chi connectivity index (χ0v) is 11.1. The third-order valence-corrected chi connectivity index (χ3v) is 2.95. The molecule has 0 spiro atoms. The summed E-state index contributed by atoms with van der Waals surface area (Å²) in [4.78, 5) is 12.6. The van der Waals surface area contributed by atoms with Gasteiger partial charge >= 0.3 is 0 Å². The number of nitro groups is 1. The Hall–Kier alpha value is -1.46. The Kier molecular flexibility index (Phi) is 6.32. The molecule has 1 aromatic rings. The molecular formula is C13H21N3O2. The molecular weight excluding hydrogens is 230 g/mol. The molecule has 0 fully saturated rings. The van der Waals surface area contributed by atoms with Crippen molar-refractivity contribution in [1.29, 1.82) is 0 Å². The van der Waals surface area contributed by atoms with E-state index in [0.717, 1.165) is 31.7 Å². The number of nitro benzene ring substituents is 1. The molecule has 0 bridgehead atoms. The molecule has 5 heteroatoms. The minimum absolute atomic E-state index is 0.151. The first-order valence-electron chi connectivity index (χ1n) is 6.33. The molecule has 0 heterocycles. The van der Waals surface area contributed by atoms with Crippen molar-refractivity contribution in [2.45, 2.75) is 20.4 Å². The number of nitrogens with one attached hydrogen (secondary N) is 1. The van der Waals surface area contributed by atoms with E-state index in [9.17, 15) is 10.1 Å². The van der Waals surface area contributed by atoms with Gasteiger partial charge in [-0.1, -0.05) is 26.0 Å². The monoisotopic (exact) mass is 251 g/mol. The zero-order valence-electron chi connectivity index (χ0n) is 11.1. The van der Waals surface area contributed by atoms with Gasteiger partial charge in [0.15, 0.2) is 0 Å². The number of hydrogen-bond acceptors (Lipinski definition) is 4. The highest BCUT2D eigenvalue weighted by atomic mass is 16.6. The van der Waals surface area contributed by atoms with Crippen molar-refractivity contribution in [3.8, 4) is 0 Å². The van der Waals surface area contributed by atoms with Gasteiger partial charge in [-0.2, -0.15) is 0 Å². The summed E-state index contributed by atoms with van der Waals surface area (Å²) in [5, 5.41) is 13.9. The fourth-order valence-electron chi connectivity index (χ4n) is 1.79. The second-order valence-electron chi connectivity index (χ2n) is 4.13. The highest BCUT2D eigenvalue weighted by Gasteiger charge is 2.05. The van der Waals surface area contributed by atoms with Gasteiger partial charge in [0.05, 0.1) is 4.92 Å². The highest BCUT2D eigenvalue weighted by Crippen LogP contribution is 2.12. The molecule has 100 valence electrons. The number of hydrogen-bond donors (Lipinski definition) is 1. The van der Waals surface area contributed by atoms with E-state index in [1.165, 1.54) is 6.07 Å². The van der Waals surface area contributed by atoms with Crippen molar-refractivity contribution in [2.24, 2.45) is 0 Å². The van der Waals surface area contributed by atoms with Crippen molar-refractivity contribution >= 4 is 5.69 Å². The van der Waals surface area contributed by atoms with Crippen molar-refractivity contribution < 1.29 is 4.92 Å². The van der Waals surface area contributed by atoms with Crippen molar-refractivity contribution in [1.82, 2.24) is 10.2 Å². The molecule has 0 aromatic heterocycles. The molecule has 0 saturated heterocycles. The average molecular weight is 251 g/mol.